The normalized spacial score (nSPS) is 11.1. The molecule has 0 unspecified atom stereocenters. The van der Waals surface area contributed by atoms with Gasteiger partial charge in [0.15, 0.2) is 11.6 Å². The van der Waals surface area contributed by atoms with Gasteiger partial charge in [0.1, 0.15) is 5.82 Å². The van der Waals surface area contributed by atoms with Gasteiger partial charge in [0.05, 0.1) is 12.2 Å². The number of aryl methyl sites for hydroxylation is 2. The van der Waals surface area contributed by atoms with E-state index in [0.717, 1.165) is 66.1 Å². The lowest BCUT2D eigenvalue weighted by Gasteiger charge is -2.09. The summed E-state index contributed by atoms with van der Waals surface area (Å²) in [7, 11) is 0. The van der Waals surface area contributed by atoms with Crippen LogP contribution in [0.2, 0.25) is 0 Å². The Hall–Kier alpha value is -3.42. The molecule has 1 N–H and O–H groups in total. The molecular weight excluding hydrogens is 376 g/mol. The third-order valence-electron chi connectivity index (χ3n) is 4.98. The molecule has 8 heteroatoms. The first-order chi connectivity index (χ1) is 14.8. The van der Waals surface area contributed by atoms with Crippen LogP contribution in [-0.4, -0.2) is 40.4 Å². The molecule has 3 aromatic heterocycles. The van der Waals surface area contributed by atoms with E-state index in [2.05, 4.69) is 40.5 Å². The molecule has 0 aliphatic rings. The third-order valence-corrected chi connectivity index (χ3v) is 4.98. The number of rotatable bonds is 9. The molecular formula is C22H26N8. The van der Waals surface area contributed by atoms with E-state index in [9.17, 15) is 0 Å². The minimum atomic E-state index is 0.628. The number of pyridine rings is 1. The number of aromatic amines is 1. The van der Waals surface area contributed by atoms with Gasteiger partial charge >= 0.3 is 0 Å². The van der Waals surface area contributed by atoms with Crippen molar-refractivity contribution in [3.8, 4) is 22.6 Å². The average Bonchev–Trinajstić information content (AvgIpc) is 3.44. The molecule has 1 aromatic carbocycles. The predicted octanol–water partition coefficient (Wildman–Crippen LogP) is 3.86. The number of aromatic nitrogens is 8. The van der Waals surface area contributed by atoms with Crippen LogP contribution in [0, 0.1) is 0 Å². The molecule has 0 saturated heterocycles. The molecule has 154 valence electrons. The lowest BCUT2D eigenvalue weighted by molar-refractivity contribution is 0.612. The molecule has 30 heavy (non-hydrogen) atoms. The van der Waals surface area contributed by atoms with Crippen LogP contribution < -0.4 is 0 Å². The smallest absolute Gasteiger partial charge is 0.180 e. The Morgan fingerprint density at radius 1 is 0.967 bits per heavy atom. The lowest BCUT2D eigenvalue weighted by Crippen LogP contribution is -2.07. The largest absolute Gasteiger partial charge is 0.256 e. The van der Waals surface area contributed by atoms with E-state index in [1.165, 1.54) is 0 Å². The minimum Gasteiger partial charge on any atom is -0.256 e. The van der Waals surface area contributed by atoms with Crippen LogP contribution in [0.15, 0.2) is 42.6 Å². The molecule has 0 amide bonds. The molecule has 4 aromatic rings. The van der Waals surface area contributed by atoms with E-state index in [1.807, 2.05) is 41.2 Å². The highest BCUT2D eigenvalue weighted by Gasteiger charge is 2.13. The first kappa shape index (κ1) is 19.9. The topological polar surface area (TPSA) is 98.1 Å². The van der Waals surface area contributed by atoms with Crippen molar-refractivity contribution < 1.29 is 0 Å². The maximum absolute atomic E-state index is 4.75. The number of tetrazole rings is 1. The van der Waals surface area contributed by atoms with E-state index >= 15 is 0 Å². The maximum atomic E-state index is 4.75. The second-order valence-electron chi connectivity index (χ2n) is 7.30. The summed E-state index contributed by atoms with van der Waals surface area (Å²) in [6, 6.07) is 12.1. The minimum absolute atomic E-state index is 0.628. The number of hydrogen-bond donors (Lipinski definition) is 1. The van der Waals surface area contributed by atoms with Crippen molar-refractivity contribution in [2.45, 2.75) is 52.5 Å². The summed E-state index contributed by atoms with van der Waals surface area (Å²) in [4.78, 5) is 9.45. The number of benzene rings is 1. The molecule has 0 fully saturated rings. The van der Waals surface area contributed by atoms with Gasteiger partial charge in [0, 0.05) is 30.2 Å². The third kappa shape index (κ3) is 4.42. The zero-order valence-corrected chi connectivity index (χ0v) is 17.4. The summed E-state index contributed by atoms with van der Waals surface area (Å²) in [5.74, 6) is 2.62. The Bertz CT molecular complexity index is 1070. The number of H-pyrrole nitrogens is 1. The highest BCUT2D eigenvalue weighted by Crippen LogP contribution is 2.28. The van der Waals surface area contributed by atoms with Crippen LogP contribution in [0.5, 0.6) is 0 Å². The van der Waals surface area contributed by atoms with Gasteiger partial charge in [-0.1, -0.05) is 50.6 Å². The Kier molecular flexibility index (Phi) is 6.22. The van der Waals surface area contributed by atoms with Crippen LogP contribution in [-0.2, 0) is 19.4 Å². The fourth-order valence-corrected chi connectivity index (χ4v) is 3.44. The summed E-state index contributed by atoms with van der Waals surface area (Å²) in [6.45, 7) is 5.03. The number of nitrogens with zero attached hydrogens (tertiary/aromatic N) is 7. The summed E-state index contributed by atoms with van der Waals surface area (Å²) >= 11 is 0. The van der Waals surface area contributed by atoms with Crippen LogP contribution in [0.3, 0.4) is 0 Å². The molecule has 0 bridgehead atoms. The van der Waals surface area contributed by atoms with Gasteiger partial charge in [-0.2, -0.15) is 5.10 Å². The van der Waals surface area contributed by atoms with Crippen molar-refractivity contribution in [2.24, 2.45) is 0 Å². The monoisotopic (exact) mass is 402 g/mol. The lowest BCUT2D eigenvalue weighted by atomic mass is 10.0. The number of hydrogen-bond acceptors (Lipinski definition) is 6. The van der Waals surface area contributed by atoms with E-state index in [1.54, 1.807) is 0 Å². The van der Waals surface area contributed by atoms with Crippen LogP contribution in [0.25, 0.3) is 22.6 Å². The second-order valence-corrected chi connectivity index (χ2v) is 7.30. The Morgan fingerprint density at radius 3 is 2.53 bits per heavy atom. The van der Waals surface area contributed by atoms with Gasteiger partial charge in [-0.25, -0.2) is 14.8 Å². The van der Waals surface area contributed by atoms with E-state index in [0.29, 0.717) is 12.4 Å². The van der Waals surface area contributed by atoms with Gasteiger partial charge in [-0.15, -0.1) is 5.10 Å². The maximum Gasteiger partial charge on any atom is 0.180 e. The predicted molar refractivity (Wildman–Crippen MR) is 115 cm³/mol. The highest BCUT2D eigenvalue weighted by atomic mass is 15.5. The van der Waals surface area contributed by atoms with Crippen molar-refractivity contribution in [2.75, 3.05) is 0 Å². The summed E-state index contributed by atoms with van der Waals surface area (Å²) in [5.41, 5.74) is 3.88. The van der Waals surface area contributed by atoms with E-state index in [-0.39, 0.29) is 0 Å². The van der Waals surface area contributed by atoms with Crippen molar-refractivity contribution in [3.63, 3.8) is 0 Å². The van der Waals surface area contributed by atoms with Gasteiger partial charge in [0.2, 0.25) is 0 Å². The van der Waals surface area contributed by atoms with Crippen molar-refractivity contribution in [1.82, 2.24) is 40.4 Å². The Morgan fingerprint density at radius 2 is 1.83 bits per heavy atom. The summed E-state index contributed by atoms with van der Waals surface area (Å²) < 4.78 is 2.03. The summed E-state index contributed by atoms with van der Waals surface area (Å²) in [6.07, 6.45) is 7.10. The van der Waals surface area contributed by atoms with Gasteiger partial charge in [-0.3, -0.25) is 4.98 Å². The molecule has 0 radical (unpaired) electrons. The molecule has 4 rings (SSSR count). The molecule has 0 spiro atoms. The molecule has 0 aliphatic carbocycles. The Balaban J connectivity index is 1.57. The molecule has 0 atom stereocenters. The molecule has 3 heterocycles. The number of nitrogens with one attached hydrogen (secondary N) is 1. The quantitative estimate of drug-likeness (QED) is 0.456. The zero-order valence-electron chi connectivity index (χ0n) is 17.4. The number of unbranched alkanes of at least 4 members (excludes halogenated alkanes) is 1. The van der Waals surface area contributed by atoms with Crippen molar-refractivity contribution in [1.29, 1.82) is 0 Å². The van der Waals surface area contributed by atoms with Crippen molar-refractivity contribution >= 4 is 0 Å². The van der Waals surface area contributed by atoms with Crippen LogP contribution in [0.1, 0.15) is 50.3 Å². The molecule has 8 nitrogen and oxygen atoms in total. The first-order valence-corrected chi connectivity index (χ1v) is 10.5. The van der Waals surface area contributed by atoms with Gasteiger partial charge < -0.3 is 0 Å². The fraction of sp³-hybridized carbons (Fsp3) is 0.364. The van der Waals surface area contributed by atoms with Crippen LogP contribution >= 0.6 is 0 Å². The summed E-state index contributed by atoms with van der Waals surface area (Å²) in [5, 5.41) is 19.0. The van der Waals surface area contributed by atoms with Crippen molar-refractivity contribution in [3.05, 3.63) is 59.8 Å². The van der Waals surface area contributed by atoms with Crippen LogP contribution in [0.4, 0.5) is 0 Å². The second kappa shape index (κ2) is 9.39. The zero-order chi connectivity index (χ0) is 20.8. The molecule has 0 aliphatic heterocycles. The van der Waals surface area contributed by atoms with E-state index < -0.39 is 0 Å². The standard InChI is InChI=1S/C22H26N8/c1-3-5-11-21-24-20(8-4-2)27-30(21)15-16-12-13-19(23-14-16)17-9-6-7-10-18(17)22-25-28-29-26-22/h6-7,9-10,12-14H,3-5,8,11,15H2,1-2H3,(H,25,26,28,29). The first-order valence-electron chi connectivity index (χ1n) is 10.5. The fourth-order valence-electron chi connectivity index (χ4n) is 3.44. The highest BCUT2D eigenvalue weighted by molar-refractivity contribution is 5.78. The van der Waals surface area contributed by atoms with Gasteiger partial charge in [0.25, 0.3) is 0 Å². The molecule has 0 saturated carbocycles. The van der Waals surface area contributed by atoms with E-state index in [4.69, 9.17) is 15.1 Å². The average molecular weight is 403 g/mol. The van der Waals surface area contributed by atoms with Gasteiger partial charge in [-0.05, 0) is 34.9 Å². The SMILES string of the molecule is CCCCc1nc(CCC)nn1Cc1ccc(-c2ccccc2-c2nnn[nH]2)nc1. The Labute approximate surface area is 175 Å².